The van der Waals surface area contributed by atoms with Crippen LogP contribution in [0.3, 0.4) is 0 Å². The Balaban J connectivity index is 1.35. The Morgan fingerprint density at radius 1 is 1.25 bits per heavy atom. The van der Waals surface area contributed by atoms with Crippen molar-refractivity contribution in [2.75, 3.05) is 26.2 Å². The molecule has 4 rings (SSSR count). The second-order valence-corrected chi connectivity index (χ2v) is 8.21. The molecule has 0 saturated carbocycles. The summed E-state index contributed by atoms with van der Waals surface area (Å²) >= 11 is 0. The summed E-state index contributed by atoms with van der Waals surface area (Å²) in [4.78, 5) is 27.7. The number of nitro benzene ring substituents is 1. The number of nitro groups is 1. The van der Waals surface area contributed by atoms with Crippen molar-refractivity contribution in [2.45, 2.75) is 39.3 Å². The minimum atomic E-state index is -0.387. The molecule has 0 radical (unpaired) electrons. The van der Waals surface area contributed by atoms with Gasteiger partial charge in [-0.2, -0.15) is 5.10 Å². The van der Waals surface area contributed by atoms with Gasteiger partial charge in [0.15, 0.2) is 0 Å². The number of nitrogens with zero attached hydrogens (tertiary/aromatic N) is 5. The van der Waals surface area contributed by atoms with Crippen LogP contribution in [0.1, 0.15) is 32.6 Å². The predicted octanol–water partition coefficient (Wildman–Crippen LogP) is 2.87. The predicted molar refractivity (Wildman–Crippen MR) is 106 cm³/mol. The summed E-state index contributed by atoms with van der Waals surface area (Å²) in [5.41, 5.74) is 0.976. The van der Waals surface area contributed by atoms with E-state index in [0.29, 0.717) is 18.5 Å². The average molecular weight is 385 g/mol. The Kier molecular flexibility index (Phi) is 5.30. The Morgan fingerprint density at radius 3 is 2.75 bits per heavy atom. The van der Waals surface area contributed by atoms with Crippen LogP contribution in [0, 0.1) is 22.0 Å². The fraction of sp³-hybridized carbons (Fsp3) is 0.600. The molecule has 150 valence electrons. The molecule has 2 aliphatic rings. The number of likely N-dealkylation sites (tertiary alicyclic amines) is 2. The number of rotatable bonds is 4. The molecule has 28 heavy (non-hydrogen) atoms. The van der Waals surface area contributed by atoms with Crippen molar-refractivity contribution in [3.05, 3.63) is 34.5 Å². The van der Waals surface area contributed by atoms with Crippen molar-refractivity contribution in [3.63, 3.8) is 0 Å². The van der Waals surface area contributed by atoms with Crippen molar-refractivity contribution < 1.29 is 9.72 Å². The van der Waals surface area contributed by atoms with E-state index in [2.05, 4.69) is 21.8 Å². The van der Waals surface area contributed by atoms with E-state index in [1.165, 1.54) is 12.5 Å². The minimum absolute atomic E-state index is 0.0819. The molecule has 0 bridgehead atoms. The molecule has 0 aliphatic carbocycles. The van der Waals surface area contributed by atoms with E-state index in [4.69, 9.17) is 0 Å². The van der Waals surface area contributed by atoms with E-state index in [1.54, 1.807) is 18.3 Å². The molecule has 2 aliphatic heterocycles. The molecule has 8 heteroatoms. The number of benzene rings is 1. The first-order valence-electron chi connectivity index (χ1n) is 10.1. The molecule has 3 heterocycles. The fourth-order valence-corrected chi connectivity index (χ4v) is 4.46. The zero-order valence-corrected chi connectivity index (χ0v) is 16.3. The average Bonchev–Trinajstić information content (AvgIpc) is 3.10. The van der Waals surface area contributed by atoms with Crippen molar-refractivity contribution in [3.8, 4) is 0 Å². The molecule has 8 nitrogen and oxygen atoms in total. The highest BCUT2D eigenvalue weighted by atomic mass is 16.6. The van der Waals surface area contributed by atoms with Gasteiger partial charge in [0, 0.05) is 49.6 Å². The first-order chi connectivity index (χ1) is 13.5. The number of piperidine rings is 2. The van der Waals surface area contributed by atoms with Crippen LogP contribution in [0.25, 0.3) is 10.9 Å². The third-order valence-electron chi connectivity index (χ3n) is 6.08. The van der Waals surface area contributed by atoms with Gasteiger partial charge in [-0.1, -0.05) is 6.92 Å². The standard InChI is InChI=1S/C20H27N5O3/c1-15-3-2-8-23(13-15)20(26)16-6-9-22(10-7-16)14-24-19-5-4-18(25(27)28)11-17(19)12-21-24/h4-5,11-12,15-16H,2-3,6-10,13-14H2,1H3/t15-/m1/s1. The van der Waals surface area contributed by atoms with Gasteiger partial charge < -0.3 is 4.90 Å². The molecule has 1 aromatic carbocycles. The lowest BCUT2D eigenvalue weighted by Gasteiger charge is -2.37. The number of carbonyl (C=O) groups is 1. The molecular formula is C20H27N5O3. The zero-order valence-electron chi connectivity index (χ0n) is 16.3. The topological polar surface area (TPSA) is 84.5 Å². The summed E-state index contributed by atoms with van der Waals surface area (Å²) in [5, 5.41) is 16.1. The van der Waals surface area contributed by atoms with Crippen LogP contribution in [0.4, 0.5) is 5.69 Å². The maximum atomic E-state index is 12.8. The van der Waals surface area contributed by atoms with E-state index in [9.17, 15) is 14.9 Å². The monoisotopic (exact) mass is 385 g/mol. The van der Waals surface area contributed by atoms with Crippen molar-refractivity contribution >= 4 is 22.5 Å². The lowest BCUT2D eigenvalue weighted by Crippen LogP contribution is -2.46. The van der Waals surface area contributed by atoms with E-state index in [1.807, 2.05) is 4.68 Å². The Bertz CT molecular complexity index is 872. The van der Waals surface area contributed by atoms with Crippen LogP contribution in [0.2, 0.25) is 0 Å². The van der Waals surface area contributed by atoms with Crippen molar-refractivity contribution in [1.29, 1.82) is 0 Å². The highest BCUT2D eigenvalue weighted by Crippen LogP contribution is 2.25. The summed E-state index contributed by atoms with van der Waals surface area (Å²) in [7, 11) is 0. The quantitative estimate of drug-likeness (QED) is 0.597. The highest BCUT2D eigenvalue weighted by molar-refractivity contribution is 5.81. The van der Waals surface area contributed by atoms with Gasteiger partial charge in [0.25, 0.3) is 5.69 Å². The molecule has 0 unspecified atom stereocenters. The molecular weight excluding hydrogens is 358 g/mol. The Labute approximate surface area is 164 Å². The molecule has 0 N–H and O–H groups in total. The smallest absolute Gasteiger partial charge is 0.270 e. The van der Waals surface area contributed by atoms with Crippen LogP contribution in [0.15, 0.2) is 24.4 Å². The van der Waals surface area contributed by atoms with Gasteiger partial charge in [0.05, 0.1) is 23.3 Å². The van der Waals surface area contributed by atoms with Gasteiger partial charge in [-0.15, -0.1) is 0 Å². The molecule has 1 aromatic heterocycles. The molecule has 2 aromatic rings. The van der Waals surface area contributed by atoms with Crippen molar-refractivity contribution in [1.82, 2.24) is 19.6 Å². The maximum absolute atomic E-state index is 12.8. The summed E-state index contributed by atoms with van der Waals surface area (Å²) < 4.78 is 1.88. The van der Waals surface area contributed by atoms with E-state index < -0.39 is 0 Å². The van der Waals surface area contributed by atoms with E-state index in [0.717, 1.165) is 56.3 Å². The largest absolute Gasteiger partial charge is 0.342 e. The van der Waals surface area contributed by atoms with Crippen LogP contribution in [-0.4, -0.2) is 56.6 Å². The lowest BCUT2D eigenvalue weighted by atomic mass is 9.93. The molecule has 2 fully saturated rings. The summed E-state index contributed by atoms with van der Waals surface area (Å²) in [6.07, 6.45) is 5.79. The van der Waals surface area contributed by atoms with Gasteiger partial charge in [-0.3, -0.25) is 24.5 Å². The van der Waals surface area contributed by atoms with E-state index in [-0.39, 0.29) is 16.5 Å². The van der Waals surface area contributed by atoms with Crippen molar-refractivity contribution in [2.24, 2.45) is 11.8 Å². The number of fused-ring (bicyclic) bond motifs is 1. The number of amides is 1. The number of carbonyl (C=O) groups excluding carboxylic acids is 1. The Morgan fingerprint density at radius 2 is 2.04 bits per heavy atom. The van der Waals surface area contributed by atoms with Crippen LogP contribution in [-0.2, 0) is 11.5 Å². The first kappa shape index (κ1) is 18.9. The summed E-state index contributed by atoms with van der Waals surface area (Å²) in [5.74, 6) is 1.09. The second-order valence-electron chi connectivity index (χ2n) is 8.21. The third-order valence-corrected chi connectivity index (χ3v) is 6.08. The van der Waals surface area contributed by atoms with Gasteiger partial charge in [0.1, 0.15) is 0 Å². The summed E-state index contributed by atoms with van der Waals surface area (Å²) in [6, 6.07) is 4.84. The molecule has 0 spiro atoms. The third kappa shape index (κ3) is 3.87. The maximum Gasteiger partial charge on any atom is 0.270 e. The van der Waals surface area contributed by atoms with E-state index >= 15 is 0 Å². The highest BCUT2D eigenvalue weighted by Gasteiger charge is 2.30. The Hall–Kier alpha value is -2.48. The molecule has 1 atom stereocenters. The normalized spacial score (nSPS) is 21.9. The number of hydrogen-bond acceptors (Lipinski definition) is 5. The van der Waals surface area contributed by atoms with Gasteiger partial charge >= 0.3 is 0 Å². The van der Waals surface area contributed by atoms with Crippen LogP contribution in [0.5, 0.6) is 0 Å². The number of aromatic nitrogens is 2. The minimum Gasteiger partial charge on any atom is -0.342 e. The lowest BCUT2D eigenvalue weighted by molar-refractivity contribution is -0.384. The molecule has 1 amide bonds. The van der Waals surface area contributed by atoms with Crippen LogP contribution < -0.4 is 0 Å². The summed E-state index contributed by atoms with van der Waals surface area (Å²) in [6.45, 7) is 6.43. The SMILES string of the molecule is C[C@@H]1CCCN(C(=O)C2CCN(Cn3ncc4cc([N+](=O)[O-])ccc43)CC2)C1. The number of non-ortho nitro benzene ring substituents is 1. The number of hydrogen-bond donors (Lipinski definition) is 0. The zero-order chi connectivity index (χ0) is 19.7. The second kappa shape index (κ2) is 7.87. The fourth-order valence-electron chi connectivity index (χ4n) is 4.46. The van der Waals surface area contributed by atoms with Gasteiger partial charge in [0.2, 0.25) is 5.91 Å². The first-order valence-corrected chi connectivity index (χ1v) is 10.1. The van der Waals surface area contributed by atoms with Crippen LogP contribution >= 0.6 is 0 Å². The molecule has 2 saturated heterocycles. The van der Waals surface area contributed by atoms with Gasteiger partial charge in [-0.25, -0.2) is 0 Å². The van der Waals surface area contributed by atoms with Gasteiger partial charge in [-0.05, 0) is 37.7 Å².